The van der Waals surface area contributed by atoms with Gasteiger partial charge in [0.15, 0.2) is 11.5 Å². The molecule has 0 heterocycles. The molecule has 0 saturated heterocycles. The van der Waals surface area contributed by atoms with Crippen molar-refractivity contribution in [1.29, 1.82) is 0 Å². The summed E-state index contributed by atoms with van der Waals surface area (Å²) < 4.78 is 5.06. The lowest BCUT2D eigenvalue weighted by Gasteiger charge is -2.11. The first kappa shape index (κ1) is 21.7. The first-order chi connectivity index (χ1) is 12.6. The zero-order valence-electron chi connectivity index (χ0n) is 15.9. The Labute approximate surface area is 156 Å². The van der Waals surface area contributed by atoms with Crippen molar-refractivity contribution < 1.29 is 19.7 Å². The smallest absolute Gasteiger partial charge is 0.160 e. The van der Waals surface area contributed by atoms with E-state index in [1.54, 1.807) is 18.2 Å². The van der Waals surface area contributed by atoms with Crippen LogP contribution in [0, 0.1) is 0 Å². The maximum atomic E-state index is 12.0. The average Bonchev–Trinajstić information content (AvgIpc) is 2.68. The number of rotatable bonds is 9. The second-order valence-corrected chi connectivity index (χ2v) is 5.93. The minimum absolute atomic E-state index is 0.0784. The predicted molar refractivity (Wildman–Crippen MR) is 105 cm³/mol. The largest absolute Gasteiger partial charge is 0.504 e. The van der Waals surface area contributed by atoms with Crippen molar-refractivity contribution in [2.45, 2.75) is 52.1 Å². The van der Waals surface area contributed by atoms with Crippen LogP contribution in [0.1, 0.15) is 44.2 Å². The molecule has 2 N–H and O–H groups in total. The number of carbonyl (C=O) groups is 1. The first-order valence-electron chi connectivity index (χ1n) is 9.18. The SMILES string of the molecule is CC.COc1cc(CCC(O)CC(=O)CCc2ccccc2)ccc1O. The van der Waals surface area contributed by atoms with E-state index in [0.717, 1.165) is 11.1 Å². The van der Waals surface area contributed by atoms with E-state index in [1.165, 1.54) is 7.11 Å². The van der Waals surface area contributed by atoms with Crippen LogP contribution in [0.2, 0.25) is 0 Å². The number of phenols is 1. The highest BCUT2D eigenvalue weighted by Crippen LogP contribution is 2.27. The zero-order chi connectivity index (χ0) is 19.4. The predicted octanol–water partition coefficient (Wildman–Crippen LogP) is 4.31. The van der Waals surface area contributed by atoms with Gasteiger partial charge in [-0.25, -0.2) is 0 Å². The Morgan fingerprint density at radius 1 is 1.04 bits per heavy atom. The van der Waals surface area contributed by atoms with Gasteiger partial charge in [-0.1, -0.05) is 50.2 Å². The second kappa shape index (κ2) is 12.1. The van der Waals surface area contributed by atoms with Gasteiger partial charge in [0, 0.05) is 12.8 Å². The fourth-order valence-corrected chi connectivity index (χ4v) is 2.61. The van der Waals surface area contributed by atoms with Crippen molar-refractivity contribution in [3.8, 4) is 11.5 Å². The van der Waals surface area contributed by atoms with Gasteiger partial charge in [-0.3, -0.25) is 4.79 Å². The number of aliphatic hydroxyl groups excluding tert-OH is 1. The van der Waals surface area contributed by atoms with Gasteiger partial charge in [0.05, 0.1) is 13.2 Å². The number of ether oxygens (including phenoxy) is 1. The molecular formula is C22H30O4. The molecule has 2 aromatic rings. The summed E-state index contributed by atoms with van der Waals surface area (Å²) in [5.74, 6) is 0.591. The summed E-state index contributed by atoms with van der Waals surface area (Å²) in [6.07, 6.45) is 1.83. The highest BCUT2D eigenvalue weighted by atomic mass is 16.5. The van der Waals surface area contributed by atoms with E-state index >= 15 is 0 Å². The Kier molecular flexibility index (Phi) is 10.1. The number of aliphatic hydroxyl groups is 1. The molecule has 4 heteroatoms. The minimum atomic E-state index is -0.645. The highest BCUT2D eigenvalue weighted by Gasteiger charge is 2.12. The molecule has 0 radical (unpaired) electrons. The van der Waals surface area contributed by atoms with Crippen molar-refractivity contribution in [1.82, 2.24) is 0 Å². The molecule has 1 unspecified atom stereocenters. The molecule has 0 amide bonds. The molecule has 4 nitrogen and oxygen atoms in total. The molecule has 2 rings (SSSR count). The van der Waals surface area contributed by atoms with Crippen molar-refractivity contribution in [2.75, 3.05) is 7.11 Å². The van der Waals surface area contributed by atoms with Gasteiger partial charge < -0.3 is 14.9 Å². The molecule has 0 bridgehead atoms. The summed E-state index contributed by atoms with van der Waals surface area (Å²) >= 11 is 0. The monoisotopic (exact) mass is 358 g/mol. The van der Waals surface area contributed by atoms with Crippen LogP contribution in [0.4, 0.5) is 0 Å². The summed E-state index contributed by atoms with van der Waals surface area (Å²) in [5.41, 5.74) is 2.09. The Bertz CT molecular complexity index is 652. The van der Waals surface area contributed by atoms with Crippen LogP contribution < -0.4 is 4.74 Å². The van der Waals surface area contributed by atoms with E-state index in [0.29, 0.717) is 31.4 Å². The standard InChI is InChI=1S/C20H24O4.C2H6/c1-24-20-13-16(9-12-19(20)23)8-11-18(22)14-17(21)10-7-15-5-3-2-4-6-15;1-2/h2-6,9,12-13,18,22-23H,7-8,10-11,14H2,1H3;1-2H3. The number of methoxy groups -OCH3 is 1. The molecule has 0 fully saturated rings. The molecule has 0 aliphatic heterocycles. The van der Waals surface area contributed by atoms with E-state index in [1.807, 2.05) is 44.2 Å². The van der Waals surface area contributed by atoms with E-state index in [2.05, 4.69) is 0 Å². The molecule has 142 valence electrons. The van der Waals surface area contributed by atoms with E-state index in [-0.39, 0.29) is 18.0 Å². The molecule has 0 saturated carbocycles. The number of hydrogen-bond donors (Lipinski definition) is 2. The Balaban J connectivity index is 0.00000163. The van der Waals surface area contributed by atoms with E-state index in [4.69, 9.17) is 4.74 Å². The molecule has 26 heavy (non-hydrogen) atoms. The molecule has 0 spiro atoms. The number of ketones is 1. The number of carbonyl (C=O) groups excluding carboxylic acids is 1. The quantitative estimate of drug-likeness (QED) is 0.701. The second-order valence-electron chi connectivity index (χ2n) is 5.93. The van der Waals surface area contributed by atoms with Gasteiger partial charge in [-0.2, -0.15) is 0 Å². The van der Waals surface area contributed by atoms with Crippen LogP contribution in [0.25, 0.3) is 0 Å². The molecule has 0 aliphatic rings. The van der Waals surface area contributed by atoms with Gasteiger partial charge >= 0.3 is 0 Å². The third-order valence-corrected chi connectivity index (χ3v) is 4.01. The Morgan fingerprint density at radius 3 is 2.38 bits per heavy atom. The maximum Gasteiger partial charge on any atom is 0.160 e. The summed E-state index contributed by atoms with van der Waals surface area (Å²) in [6.45, 7) is 4.00. The van der Waals surface area contributed by atoms with Crippen LogP contribution in [0.3, 0.4) is 0 Å². The number of benzene rings is 2. The van der Waals surface area contributed by atoms with Crippen molar-refractivity contribution >= 4 is 5.78 Å². The van der Waals surface area contributed by atoms with E-state index in [9.17, 15) is 15.0 Å². The highest BCUT2D eigenvalue weighted by molar-refractivity contribution is 5.79. The number of aromatic hydroxyl groups is 1. The third kappa shape index (κ3) is 7.70. The van der Waals surface area contributed by atoms with E-state index < -0.39 is 6.10 Å². The summed E-state index contributed by atoms with van der Waals surface area (Å²) in [4.78, 5) is 12.0. The number of hydrogen-bond acceptors (Lipinski definition) is 4. The number of aryl methyl sites for hydroxylation is 2. The van der Waals surface area contributed by atoms with Gasteiger partial charge in [-0.15, -0.1) is 0 Å². The van der Waals surface area contributed by atoms with Crippen LogP contribution in [0.5, 0.6) is 11.5 Å². The van der Waals surface area contributed by atoms with Gasteiger partial charge in [0.1, 0.15) is 5.78 Å². The Hall–Kier alpha value is -2.33. The van der Waals surface area contributed by atoms with Crippen LogP contribution >= 0.6 is 0 Å². The lowest BCUT2D eigenvalue weighted by atomic mass is 10.00. The fraction of sp³-hybridized carbons (Fsp3) is 0.409. The molecule has 2 aromatic carbocycles. The van der Waals surface area contributed by atoms with Gasteiger partial charge in [0.25, 0.3) is 0 Å². The molecule has 0 aliphatic carbocycles. The lowest BCUT2D eigenvalue weighted by Crippen LogP contribution is -2.14. The maximum absolute atomic E-state index is 12.0. The summed E-state index contributed by atoms with van der Waals surface area (Å²) in [6, 6.07) is 15.0. The van der Waals surface area contributed by atoms with Crippen LogP contribution in [0.15, 0.2) is 48.5 Å². The fourth-order valence-electron chi connectivity index (χ4n) is 2.61. The normalized spacial score (nSPS) is 11.2. The third-order valence-electron chi connectivity index (χ3n) is 4.01. The van der Waals surface area contributed by atoms with Crippen molar-refractivity contribution in [2.24, 2.45) is 0 Å². The molecule has 0 aromatic heterocycles. The van der Waals surface area contributed by atoms with Crippen LogP contribution in [-0.4, -0.2) is 29.2 Å². The lowest BCUT2D eigenvalue weighted by molar-refractivity contribution is -0.120. The van der Waals surface area contributed by atoms with Crippen LogP contribution in [-0.2, 0) is 17.6 Å². The average molecular weight is 358 g/mol. The van der Waals surface area contributed by atoms with Crippen molar-refractivity contribution in [3.63, 3.8) is 0 Å². The summed E-state index contributed by atoms with van der Waals surface area (Å²) in [7, 11) is 1.50. The minimum Gasteiger partial charge on any atom is -0.504 e. The Morgan fingerprint density at radius 2 is 1.73 bits per heavy atom. The zero-order valence-corrected chi connectivity index (χ0v) is 15.9. The number of phenolic OH excluding ortho intramolecular Hbond substituents is 1. The number of Topliss-reactive ketones (excluding diaryl/α,β-unsaturated/α-hetero) is 1. The first-order valence-corrected chi connectivity index (χ1v) is 9.18. The van der Waals surface area contributed by atoms with Crippen molar-refractivity contribution in [3.05, 3.63) is 59.7 Å². The topological polar surface area (TPSA) is 66.8 Å². The van der Waals surface area contributed by atoms with Gasteiger partial charge in [0.2, 0.25) is 0 Å². The summed E-state index contributed by atoms with van der Waals surface area (Å²) in [5, 5.41) is 19.6. The van der Waals surface area contributed by atoms with Gasteiger partial charge in [-0.05, 0) is 42.5 Å². The molecule has 1 atom stereocenters. The molecular weight excluding hydrogens is 328 g/mol.